The van der Waals surface area contributed by atoms with Crippen LogP contribution in [0.15, 0.2) is 41.8 Å². The average molecular weight is 427 g/mol. The van der Waals surface area contributed by atoms with Gasteiger partial charge in [-0.3, -0.25) is 9.59 Å². The maximum Gasteiger partial charge on any atom is 0.226 e. The number of amides is 2. The quantitative estimate of drug-likeness (QED) is 0.667. The number of nitrogens with zero attached hydrogens (tertiary/aromatic N) is 1. The molecule has 30 heavy (non-hydrogen) atoms. The van der Waals surface area contributed by atoms with Crippen molar-refractivity contribution in [2.45, 2.75) is 59.4 Å². The molecule has 2 heterocycles. The largest absolute Gasteiger partial charge is 0.353 e. The third-order valence-electron chi connectivity index (χ3n) is 5.86. The van der Waals surface area contributed by atoms with Crippen LogP contribution in [0.4, 0.5) is 0 Å². The lowest BCUT2D eigenvalue weighted by molar-refractivity contribution is -0.141. The van der Waals surface area contributed by atoms with Gasteiger partial charge in [-0.25, -0.2) is 0 Å². The van der Waals surface area contributed by atoms with Crippen molar-refractivity contribution in [1.82, 2.24) is 10.2 Å². The first kappa shape index (κ1) is 22.5. The van der Waals surface area contributed by atoms with Gasteiger partial charge in [0.05, 0.1) is 5.41 Å². The molecule has 1 aromatic heterocycles. The van der Waals surface area contributed by atoms with E-state index in [1.54, 1.807) is 11.3 Å². The molecule has 1 fully saturated rings. The minimum atomic E-state index is -0.455. The van der Waals surface area contributed by atoms with E-state index in [2.05, 4.69) is 60.9 Å². The third-order valence-corrected chi connectivity index (χ3v) is 6.78. The van der Waals surface area contributed by atoms with Gasteiger partial charge >= 0.3 is 0 Å². The third kappa shape index (κ3) is 5.51. The zero-order valence-electron chi connectivity index (χ0n) is 18.6. The highest BCUT2D eigenvalue weighted by atomic mass is 32.1. The SMILES string of the molecule is CC(C)CC(=O)N1CCC(Cc2ccc(-c3cccs3)cc2)(C(=O)NC(C)C)CC1. The second-order valence-corrected chi connectivity index (χ2v) is 10.2. The molecule has 5 heteroatoms. The van der Waals surface area contributed by atoms with Crippen molar-refractivity contribution in [3.8, 4) is 10.4 Å². The first-order valence-electron chi connectivity index (χ1n) is 11.0. The van der Waals surface area contributed by atoms with Crippen molar-refractivity contribution < 1.29 is 9.59 Å². The molecule has 1 N–H and O–H groups in total. The second-order valence-electron chi connectivity index (χ2n) is 9.24. The van der Waals surface area contributed by atoms with Crippen molar-refractivity contribution in [2.24, 2.45) is 11.3 Å². The summed E-state index contributed by atoms with van der Waals surface area (Å²) in [4.78, 5) is 28.9. The predicted octanol–water partition coefficient (Wildman–Crippen LogP) is 5.14. The molecule has 1 aliphatic rings. The molecule has 1 aromatic carbocycles. The first-order chi connectivity index (χ1) is 14.3. The van der Waals surface area contributed by atoms with Crippen LogP contribution < -0.4 is 5.32 Å². The van der Waals surface area contributed by atoms with Crippen LogP contribution in [0.3, 0.4) is 0 Å². The normalized spacial score (nSPS) is 16.1. The van der Waals surface area contributed by atoms with Crippen LogP contribution in [0.1, 0.15) is 52.5 Å². The smallest absolute Gasteiger partial charge is 0.226 e. The van der Waals surface area contributed by atoms with E-state index < -0.39 is 5.41 Å². The molecule has 162 valence electrons. The number of nitrogens with one attached hydrogen (secondary N) is 1. The fraction of sp³-hybridized carbons (Fsp3) is 0.520. The van der Waals surface area contributed by atoms with E-state index in [-0.39, 0.29) is 17.9 Å². The van der Waals surface area contributed by atoms with Gasteiger partial charge in [-0.1, -0.05) is 44.2 Å². The summed E-state index contributed by atoms with van der Waals surface area (Å²) in [5, 5.41) is 5.23. The summed E-state index contributed by atoms with van der Waals surface area (Å²) >= 11 is 1.73. The summed E-state index contributed by atoms with van der Waals surface area (Å²) in [6.45, 7) is 9.46. The topological polar surface area (TPSA) is 49.4 Å². The fourth-order valence-electron chi connectivity index (χ4n) is 4.18. The van der Waals surface area contributed by atoms with Gasteiger partial charge in [0.25, 0.3) is 0 Å². The Morgan fingerprint density at radius 3 is 2.27 bits per heavy atom. The average Bonchev–Trinajstić information content (AvgIpc) is 3.23. The summed E-state index contributed by atoms with van der Waals surface area (Å²) in [6.07, 6.45) is 2.71. The number of hydrogen-bond acceptors (Lipinski definition) is 3. The van der Waals surface area contributed by atoms with Crippen molar-refractivity contribution >= 4 is 23.2 Å². The van der Waals surface area contributed by atoms with Gasteiger partial charge in [-0.2, -0.15) is 0 Å². The minimum absolute atomic E-state index is 0.108. The van der Waals surface area contributed by atoms with E-state index in [0.717, 1.165) is 0 Å². The number of likely N-dealkylation sites (tertiary alicyclic amines) is 1. The van der Waals surface area contributed by atoms with E-state index in [4.69, 9.17) is 0 Å². The summed E-state index contributed by atoms with van der Waals surface area (Å²) < 4.78 is 0. The lowest BCUT2D eigenvalue weighted by Crippen LogP contribution is -2.52. The number of rotatable bonds is 7. The van der Waals surface area contributed by atoms with E-state index in [1.165, 1.54) is 16.0 Å². The Kier molecular flexibility index (Phi) is 7.35. The Morgan fingerprint density at radius 1 is 1.07 bits per heavy atom. The van der Waals surface area contributed by atoms with Crippen LogP contribution in [-0.2, 0) is 16.0 Å². The van der Waals surface area contributed by atoms with Crippen LogP contribution in [-0.4, -0.2) is 35.8 Å². The number of carbonyl (C=O) groups is 2. The van der Waals surface area contributed by atoms with Crippen LogP contribution >= 0.6 is 11.3 Å². The highest BCUT2D eigenvalue weighted by Crippen LogP contribution is 2.37. The second kappa shape index (κ2) is 9.78. The van der Waals surface area contributed by atoms with Crippen molar-refractivity contribution in [2.75, 3.05) is 13.1 Å². The van der Waals surface area contributed by atoms with E-state index in [0.29, 0.717) is 44.7 Å². The summed E-state index contributed by atoms with van der Waals surface area (Å²) in [5.74, 6) is 0.689. The van der Waals surface area contributed by atoms with Crippen LogP contribution in [0.5, 0.6) is 0 Å². The first-order valence-corrected chi connectivity index (χ1v) is 11.9. The molecule has 1 saturated heterocycles. The van der Waals surface area contributed by atoms with Gasteiger partial charge in [0.2, 0.25) is 11.8 Å². The number of hydrogen-bond donors (Lipinski definition) is 1. The summed E-state index contributed by atoms with van der Waals surface area (Å²) in [5.41, 5.74) is 1.93. The van der Waals surface area contributed by atoms with Gasteiger partial charge in [0, 0.05) is 30.4 Å². The van der Waals surface area contributed by atoms with Gasteiger partial charge in [0.1, 0.15) is 0 Å². The van der Waals surface area contributed by atoms with Gasteiger partial charge in [0.15, 0.2) is 0 Å². The van der Waals surface area contributed by atoms with Gasteiger partial charge in [-0.05, 0) is 61.6 Å². The van der Waals surface area contributed by atoms with Crippen LogP contribution in [0.2, 0.25) is 0 Å². The van der Waals surface area contributed by atoms with E-state index in [9.17, 15) is 9.59 Å². The molecular weight excluding hydrogens is 392 g/mol. The van der Waals surface area contributed by atoms with Gasteiger partial charge < -0.3 is 10.2 Å². The Balaban J connectivity index is 1.75. The zero-order chi connectivity index (χ0) is 21.7. The molecule has 2 aromatic rings. The maximum atomic E-state index is 13.2. The van der Waals surface area contributed by atoms with Crippen molar-refractivity contribution in [1.29, 1.82) is 0 Å². The molecule has 0 bridgehead atoms. The number of thiophene rings is 1. The fourth-order valence-corrected chi connectivity index (χ4v) is 4.92. The summed E-state index contributed by atoms with van der Waals surface area (Å²) in [6, 6.07) is 12.9. The molecule has 3 rings (SSSR count). The molecule has 0 atom stereocenters. The molecule has 0 saturated carbocycles. The molecule has 1 aliphatic heterocycles. The molecule has 2 amide bonds. The summed E-state index contributed by atoms with van der Waals surface area (Å²) in [7, 11) is 0. The Morgan fingerprint density at radius 2 is 1.73 bits per heavy atom. The Labute approximate surface area is 184 Å². The van der Waals surface area contributed by atoms with E-state index >= 15 is 0 Å². The molecule has 0 radical (unpaired) electrons. The molecular formula is C25H34N2O2S. The molecule has 0 unspecified atom stereocenters. The van der Waals surface area contributed by atoms with E-state index in [1.807, 2.05) is 18.7 Å². The monoisotopic (exact) mass is 426 g/mol. The Bertz CT molecular complexity index is 833. The lowest BCUT2D eigenvalue weighted by atomic mass is 9.72. The highest BCUT2D eigenvalue weighted by Gasteiger charge is 2.42. The Hall–Kier alpha value is -2.14. The maximum absolute atomic E-state index is 13.2. The van der Waals surface area contributed by atoms with Crippen LogP contribution in [0.25, 0.3) is 10.4 Å². The van der Waals surface area contributed by atoms with Crippen molar-refractivity contribution in [3.63, 3.8) is 0 Å². The lowest BCUT2D eigenvalue weighted by Gasteiger charge is -2.41. The zero-order valence-corrected chi connectivity index (χ0v) is 19.4. The number of benzene rings is 1. The molecule has 0 aliphatic carbocycles. The molecule has 0 spiro atoms. The predicted molar refractivity (Wildman–Crippen MR) is 124 cm³/mol. The van der Waals surface area contributed by atoms with Crippen molar-refractivity contribution in [3.05, 3.63) is 47.3 Å². The number of piperidine rings is 1. The van der Waals surface area contributed by atoms with Crippen LogP contribution in [0, 0.1) is 11.3 Å². The van der Waals surface area contributed by atoms with Gasteiger partial charge in [-0.15, -0.1) is 11.3 Å². The molecule has 4 nitrogen and oxygen atoms in total. The minimum Gasteiger partial charge on any atom is -0.353 e. The number of carbonyl (C=O) groups excluding carboxylic acids is 2. The highest BCUT2D eigenvalue weighted by molar-refractivity contribution is 7.13. The standard InChI is InChI=1S/C25H34N2O2S/c1-18(2)16-23(28)27-13-11-25(12-14-27,24(29)26-19(3)4)17-20-7-9-21(10-8-20)22-6-5-15-30-22/h5-10,15,18-19H,11-14,16-17H2,1-4H3,(H,26,29).